The van der Waals surface area contributed by atoms with Crippen LogP contribution in [0.4, 0.5) is 0 Å². The highest BCUT2D eigenvalue weighted by Gasteiger charge is 2.32. The van der Waals surface area contributed by atoms with E-state index in [1.807, 2.05) is 4.90 Å². The molecule has 1 fully saturated rings. The number of benzene rings is 1. The zero-order valence-corrected chi connectivity index (χ0v) is 13.3. The maximum atomic E-state index is 12.5. The molecule has 1 aliphatic rings. The van der Waals surface area contributed by atoms with Crippen LogP contribution in [0, 0.1) is 0 Å². The topological polar surface area (TPSA) is 83.7 Å². The predicted octanol–water partition coefficient (Wildman–Crippen LogP) is 0.520. The molecule has 21 heavy (non-hydrogen) atoms. The first kappa shape index (κ1) is 16.2. The van der Waals surface area contributed by atoms with Crippen molar-refractivity contribution >= 4 is 27.5 Å². The molecule has 0 bridgehead atoms. The second-order valence-corrected chi connectivity index (χ2v) is 7.26. The lowest BCUT2D eigenvalue weighted by molar-refractivity contribution is -0.123. The summed E-state index contributed by atoms with van der Waals surface area (Å²) < 4.78 is 26.5. The van der Waals surface area contributed by atoms with E-state index in [2.05, 4.69) is 0 Å². The van der Waals surface area contributed by atoms with Crippen LogP contribution >= 0.6 is 11.6 Å². The van der Waals surface area contributed by atoms with Crippen molar-refractivity contribution in [2.45, 2.75) is 17.9 Å². The van der Waals surface area contributed by atoms with E-state index in [0.29, 0.717) is 26.2 Å². The summed E-state index contributed by atoms with van der Waals surface area (Å²) in [6.07, 6.45) is 0. The van der Waals surface area contributed by atoms with Crippen LogP contribution in [0.2, 0.25) is 5.02 Å². The Morgan fingerprint density at radius 1 is 1.24 bits per heavy atom. The third-order valence-corrected chi connectivity index (χ3v) is 6.09. The van der Waals surface area contributed by atoms with Gasteiger partial charge < -0.3 is 5.73 Å². The average Bonchev–Trinajstić information content (AvgIpc) is 2.46. The molecule has 0 aliphatic carbocycles. The maximum Gasteiger partial charge on any atom is 0.244 e. The minimum atomic E-state index is -3.60. The van der Waals surface area contributed by atoms with Crippen molar-refractivity contribution in [3.63, 3.8) is 0 Å². The fraction of sp³-hybridized carbons (Fsp3) is 0.462. The van der Waals surface area contributed by atoms with Gasteiger partial charge in [0.25, 0.3) is 0 Å². The first-order valence-electron chi connectivity index (χ1n) is 6.62. The number of hydrogen-bond acceptors (Lipinski definition) is 4. The van der Waals surface area contributed by atoms with Gasteiger partial charge in [-0.3, -0.25) is 9.69 Å². The van der Waals surface area contributed by atoms with Crippen LogP contribution in [0.5, 0.6) is 0 Å². The van der Waals surface area contributed by atoms with Crippen molar-refractivity contribution in [1.82, 2.24) is 9.21 Å². The monoisotopic (exact) mass is 331 g/mol. The van der Waals surface area contributed by atoms with Gasteiger partial charge in [-0.1, -0.05) is 23.7 Å². The van der Waals surface area contributed by atoms with Crippen LogP contribution in [0.3, 0.4) is 0 Å². The molecule has 1 atom stereocenters. The lowest BCUT2D eigenvalue weighted by atomic mass is 10.2. The average molecular weight is 332 g/mol. The zero-order chi connectivity index (χ0) is 15.6. The number of amides is 1. The van der Waals surface area contributed by atoms with Crippen LogP contribution in [0.25, 0.3) is 0 Å². The summed E-state index contributed by atoms with van der Waals surface area (Å²) in [5, 5.41) is 0.213. The number of hydrogen-bond donors (Lipinski definition) is 1. The second kappa shape index (κ2) is 6.31. The number of carbonyl (C=O) groups is 1. The lowest BCUT2D eigenvalue weighted by Gasteiger charge is -2.36. The van der Waals surface area contributed by atoms with Gasteiger partial charge in [0.05, 0.1) is 11.1 Å². The highest BCUT2D eigenvalue weighted by atomic mass is 35.5. The van der Waals surface area contributed by atoms with Gasteiger partial charge in [0.1, 0.15) is 4.90 Å². The van der Waals surface area contributed by atoms with Crippen molar-refractivity contribution < 1.29 is 13.2 Å². The minimum absolute atomic E-state index is 0.114. The van der Waals surface area contributed by atoms with Crippen molar-refractivity contribution in [1.29, 1.82) is 0 Å². The van der Waals surface area contributed by atoms with Crippen molar-refractivity contribution in [3.8, 4) is 0 Å². The smallest absolute Gasteiger partial charge is 0.244 e. The number of primary amides is 1. The van der Waals surface area contributed by atoms with Gasteiger partial charge in [0, 0.05) is 26.2 Å². The normalized spacial score (nSPS) is 19.3. The summed E-state index contributed by atoms with van der Waals surface area (Å²) in [6, 6.07) is 5.99. The highest BCUT2D eigenvalue weighted by molar-refractivity contribution is 7.89. The van der Waals surface area contributed by atoms with Gasteiger partial charge >= 0.3 is 0 Å². The Bertz CT molecular complexity index is 627. The number of piperazine rings is 1. The quantitative estimate of drug-likeness (QED) is 0.871. The standard InChI is InChI=1S/C13H18ClN3O3S/c1-10(13(15)18)16-6-8-17(9-7-16)21(19,20)12-5-3-2-4-11(12)14/h2-5,10H,6-9H2,1H3,(H2,15,18)/t10-/m0/s1. The molecule has 1 aromatic rings. The predicted molar refractivity (Wildman–Crippen MR) is 80.4 cm³/mol. The molecule has 2 N–H and O–H groups in total. The van der Waals surface area contributed by atoms with Gasteiger partial charge in [0.2, 0.25) is 15.9 Å². The molecular formula is C13H18ClN3O3S. The zero-order valence-electron chi connectivity index (χ0n) is 11.7. The van der Waals surface area contributed by atoms with Gasteiger partial charge in [-0.2, -0.15) is 4.31 Å². The van der Waals surface area contributed by atoms with E-state index in [4.69, 9.17) is 17.3 Å². The van der Waals surface area contributed by atoms with E-state index < -0.39 is 22.0 Å². The number of halogens is 1. The molecule has 2 rings (SSSR count). The molecule has 1 heterocycles. The summed E-state index contributed by atoms with van der Waals surface area (Å²) >= 11 is 5.97. The third-order valence-electron chi connectivity index (χ3n) is 3.69. The Hall–Kier alpha value is -1.15. The molecular weight excluding hydrogens is 314 g/mol. The van der Waals surface area contributed by atoms with Gasteiger partial charge in [-0.25, -0.2) is 8.42 Å². The molecule has 1 saturated heterocycles. The first-order valence-corrected chi connectivity index (χ1v) is 8.44. The molecule has 6 nitrogen and oxygen atoms in total. The Balaban J connectivity index is 2.12. The summed E-state index contributed by atoms with van der Waals surface area (Å²) in [5.41, 5.74) is 5.27. The fourth-order valence-corrected chi connectivity index (χ4v) is 4.22. The minimum Gasteiger partial charge on any atom is -0.368 e. The Labute approximate surface area is 129 Å². The molecule has 0 aromatic heterocycles. The van der Waals surface area contributed by atoms with E-state index in [9.17, 15) is 13.2 Å². The molecule has 116 valence electrons. The molecule has 1 aliphatic heterocycles. The van der Waals surface area contributed by atoms with E-state index in [0.717, 1.165) is 0 Å². The lowest BCUT2D eigenvalue weighted by Crippen LogP contribution is -2.54. The Morgan fingerprint density at radius 3 is 2.33 bits per heavy atom. The highest BCUT2D eigenvalue weighted by Crippen LogP contribution is 2.25. The summed E-state index contributed by atoms with van der Waals surface area (Å²) in [4.78, 5) is 13.2. The maximum absolute atomic E-state index is 12.5. The Kier molecular flexibility index (Phi) is 4.88. The number of sulfonamides is 1. The SMILES string of the molecule is C[C@@H](C(N)=O)N1CCN(S(=O)(=O)c2ccccc2Cl)CC1. The van der Waals surface area contributed by atoms with E-state index in [-0.39, 0.29) is 9.92 Å². The largest absolute Gasteiger partial charge is 0.368 e. The van der Waals surface area contributed by atoms with Crippen LogP contribution in [0.1, 0.15) is 6.92 Å². The molecule has 0 saturated carbocycles. The third kappa shape index (κ3) is 3.37. The van der Waals surface area contributed by atoms with Gasteiger partial charge in [-0.05, 0) is 19.1 Å². The fourth-order valence-electron chi connectivity index (χ4n) is 2.30. The molecule has 0 spiro atoms. The number of nitrogens with zero attached hydrogens (tertiary/aromatic N) is 2. The van der Waals surface area contributed by atoms with Gasteiger partial charge in [0.15, 0.2) is 0 Å². The van der Waals surface area contributed by atoms with Crippen molar-refractivity contribution in [3.05, 3.63) is 29.3 Å². The van der Waals surface area contributed by atoms with Crippen LogP contribution in [-0.2, 0) is 14.8 Å². The van der Waals surface area contributed by atoms with Crippen LogP contribution in [0.15, 0.2) is 29.2 Å². The van der Waals surface area contributed by atoms with Crippen LogP contribution < -0.4 is 5.73 Å². The summed E-state index contributed by atoms with van der Waals surface area (Å²) in [6.45, 7) is 3.28. The van der Waals surface area contributed by atoms with Crippen molar-refractivity contribution in [2.75, 3.05) is 26.2 Å². The van der Waals surface area contributed by atoms with Gasteiger partial charge in [-0.15, -0.1) is 0 Å². The first-order chi connectivity index (χ1) is 9.84. The number of carbonyl (C=O) groups excluding carboxylic acids is 1. The number of nitrogens with two attached hydrogens (primary N) is 1. The van der Waals surface area contributed by atoms with E-state index in [1.165, 1.54) is 10.4 Å². The van der Waals surface area contributed by atoms with E-state index in [1.54, 1.807) is 25.1 Å². The molecule has 0 radical (unpaired) electrons. The molecule has 8 heteroatoms. The second-order valence-electron chi connectivity index (χ2n) is 4.95. The summed E-state index contributed by atoms with van der Waals surface area (Å²) in [7, 11) is -3.60. The van der Waals surface area contributed by atoms with Crippen molar-refractivity contribution in [2.24, 2.45) is 5.73 Å². The molecule has 0 unspecified atom stereocenters. The number of rotatable bonds is 4. The molecule has 1 amide bonds. The van der Waals surface area contributed by atoms with Crippen LogP contribution in [-0.4, -0.2) is 55.8 Å². The molecule has 1 aromatic carbocycles. The van der Waals surface area contributed by atoms with E-state index >= 15 is 0 Å². The summed E-state index contributed by atoms with van der Waals surface area (Å²) in [5.74, 6) is -0.405. The Morgan fingerprint density at radius 2 is 1.81 bits per heavy atom.